The van der Waals surface area contributed by atoms with Crippen molar-refractivity contribution >= 4 is 5.82 Å². The van der Waals surface area contributed by atoms with Crippen molar-refractivity contribution in [3.63, 3.8) is 0 Å². The summed E-state index contributed by atoms with van der Waals surface area (Å²) in [5, 5.41) is 9.41. The number of anilines is 1. The molecule has 1 aromatic carbocycles. The third-order valence-electron chi connectivity index (χ3n) is 6.66. The van der Waals surface area contributed by atoms with Crippen LogP contribution in [0.25, 0.3) is 0 Å². The van der Waals surface area contributed by atoms with E-state index < -0.39 is 0 Å². The predicted molar refractivity (Wildman–Crippen MR) is 104 cm³/mol. The average Bonchev–Trinajstić information content (AvgIpc) is 2.74. The lowest BCUT2D eigenvalue weighted by molar-refractivity contribution is -0.0201. The van der Waals surface area contributed by atoms with Crippen LogP contribution in [0.1, 0.15) is 43.0 Å². The van der Waals surface area contributed by atoms with Crippen LogP contribution < -0.4 is 4.90 Å². The first-order chi connectivity index (χ1) is 13.3. The number of nitrogens with zero attached hydrogens (tertiary/aromatic N) is 5. The Bertz CT molecular complexity index is 845. The maximum Gasteiger partial charge on any atom is 0.183 e. The lowest BCUT2D eigenvalue weighted by Gasteiger charge is -2.55. The molecule has 2 bridgehead atoms. The molecule has 0 spiro atoms. The van der Waals surface area contributed by atoms with Crippen molar-refractivity contribution in [2.45, 2.75) is 37.8 Å². The van der Waals surface area contributed by atoms with Gasteiger partial charge in [-0.3, -0.25) is 4.90 Å². The summed E-state index contributed by atoms with van der Waals surface area (Å²) >= 11 is 0. The number of hydrogen-bond acceptors (Lipinski definition) is 5. The molecule has 0 N–H and O–H groups in total. The van der Waals surface area contributed by atoms with Gasteiger partial charge in [-0.25, -0.2) is 9.97 Å². The van der Waals surface area contributed by atoms with Crippen LogP contribution in [-0.4, -0.2) is 40.5 Å². The summed E-state index contributed by atoms with van der Waals surface area (Å²) in [5.74, 6) is 2.06. The summed E-state index contributed by atoms with van der Waals surface area (Å²) in [7, 11) is 0. The minimum atomic E-state index is 0.458. The molecule has 0 aliphatic carbocycles. The van der Waals surface area contributed by atoms with Crippen molar-refractivity contribution in [2.75, 3.05) is 24.5 Å². The number of rotatable bonds is 2. The smallest absolute Gasteiger partial charge is 0.183 e. The molecule has 0 saturated carbocycles. The van der Waals surface area contributed by atoms with Gasteiger partial charge in [0.25, 0.3) is 0 Å². The van der Waals surface area contributed by atoms with Crippen LogP contribution in [0.2, 0.25) is 0 Å². The summed E-state index contributed by atoms with van der Waals surface area (Å²) in [6.07, 6.45) is 8.49. The number of fused-ring (bicyclic) bond motifs is 4. The normalized spacial score (nSPS) is 30.4. The maximum atomic E-state index is 9.41. The third kappa shape index (κ3) is 2.98. The summed E-state index contributed by atoms with van der Waals surface area (Å²) in [4.78, 5) is 13.8. The van der Waals surface area contributed by atoms with Crippen molar-refractivity contribution in [3.8, 4) is 6.07 Å². The minimum absolute atomic E-state index is 0.458. The van der Waals surface area contributed by atoms with Gasteiger partial charge in [-0.05, 0) is 43.1 Å². The van der Waals surface area contributed by atoms with Crippen LogP contribution in [0.15, 0.2) is 42.7 Å². The molecule has 1 aromatic heterocycles. The molecule has 5 rings (SSSR count). The fraction of sp³-hybridized carbons (Fsp3) is 0.500. The summed E-state index contributed by atoms with van der Waals surface area (Å²) in [5.41, 5.74) is 1.93. The molecule has 3 saturated heterocycles. The zero-order chi connectivity index (χ0) is 18.2. The van der Waals surface area contributed by atoms with E-state index in [1.54, 1.807) is 12.4 Å². The van der Waals surface area contributed by atoms with Crippen LogP contribution in [-0.2, 0) is 0 Å². The van der Waals surface area contributed by atoms with Crippen LogP contribution in [0.4, 0.5) is 5.82 Å². The van der Waals surface area contributed by atoms with Gasteiger partial charge in [0.2, 0.25) is 0 Å². The highest BCUT2D eigenvalue weighted by atomic mass is 15.3. The molecular formula is C22H25N5. The fourth-order valence-electron chi connectivity index (χ4n) is 5.66. The van der Waals surface area contributed by atoms with E-state index in [0.717, 1.165) is 25.5 Å². The largest absolute Gasteiger partial charge is 0.354 e. The van der Waals surface area contributed by atoms with Crippen molar-refractivity contribution in [1.29, 1.82) is 5.26 Å². The van der Waals surface area contributed by atoms with E-state index in [4.69, 9.17) is 0 Å². The van der Waals surface area contributed by atoms with Crippen LogP contribution >= 0.6 is 0 Å². The number of aromatic nitrogens is 2. The molecule has 138 valence electrons. The van der Waals surface area contributed by atoms with Crippen molar-refractivity contribution < 1.29 is 0 Å². The van der Waals surface area contributed by atoms with Gasteiger partial charge in [0.05, 0.1) is 0 Å². The number of nitriles is 1. The Morgan fingerprint density at radius 1 is 1.00 bits per heavy atom. The second-order valence-corrected chi connectivity index (χ2v) is 8.23. The van der Waals surface area contributed by atoms with Gasteiger partial charge in [-0.1, -0.05) is 30.3 Å². The van der Waals surface area contributed by atoms with Gasteiger partial charge in [0.1, 0.15) is 6.07 Å². The first-order valence-electron chi connectivity index (χ1n) is 10.1. The van der Waals surface area contributed by atoms with Gasteiger partial charge in [-0.15, -0.1) is 0 Å². The lowest BCUT2D eigenvalue weighted by atomic mass is 9.74. The van der Waals surface area contributed by atoms with Gasteiger partial charge in [-0.2, -0.15) is 5.26 Å². The first-order valence-corrected chi connectivity index (χ1v) is 10.1. The topological polar surface area (TPSA) is 56.1 Å². The molecular weight excluding hydrogens is 334 g/mol. The van der Waals surface area contributed by atoms with E-state index in [1.807, 2.05) is 0 Å². The van der Waals surface area contributed by atoms with E-state index >= 15 is 0 Å². The highest BCUT2D eigenvalue weighted by Crippen LogP contribution is 2.44. The zero-order valence-electron chi connectivity index (χ0n) is 15.5. The fourth-order valence-corrected chi connectivity index (χ4v) is 5.66. The molecule has 3 fully saturated rings. The van der Waals surface area contributed by atoms with Crippen LogP contribution in [0.5, 0.6) is 0 Å². The minimum Gasteiger partial charge on any atom is -0.354 e. The van der Waals surface area contributed by atoms with E-state index in [9.17, 15) is 5.26 Å². The lowest BCUT2D eigenvalue weighted by Crippen LogP contribution is -2.60. The van der Waals surface area contributed by atoms with E-state index in [-0.39, 0.29) is 0 Å². The average molecular weight is 359 g/mol. The second-order valence-electron chi connectivity index (χ2n) is 8.23. The van der Waals surface area contributed by atoms with E-state index in [1.165, 1.54) is 31.2 Å². The zero-order valence-corrected chi connectivity index (χ0v) is 15.5. The predicted octanol–water partition coefficient (Wildman–Crippen LogP) is 3.40. The molecule has 27 heavy (non-hydrogen) atoms. The van der Waals surface area contributed by atoms with Gasteiger partial charge in [0, 0.05) is 44.1 Å². The molecule has 5 nitrogen and oxygen atoms in total. The Hall–Kier alpha value is -2.45. The Morgan fingerprint density at radius 3 is 2.70 bits per heavy atom. The van der Waals surface area contributed by atoms with E-state index in [2.05, 4.69) is 56.2 Å². The number of benzene rings is 1. The van der Waals surface area contributed by atoms with Gasteiger partial charge >= 0.3 is 0 Å². The molecule has 0 unspecified atom stereocenters. The maximum absolute atomic E-state index is 9.41. The third-order valence-corrected chi connectivity index (χ3v) is 6.66. The molecule has 0 radical (unpaired) electrons. The van der Waals surface area contributed by atoms with Crippen molar-refractivity contribution in [2.24, 2.45) is 11.8 Å². The highest BCUT2D eigenvalue weighted by Gasteiger charge is 2.45. The monoisotopic (exact) mass is 359 g/mol. The standard InChI is InChI=1S/C22H25N5/c23-12-19-22(25-10-9-24-19)26-13-16-11-18(15-26)21-8-4-7-20(27(21)14-16)17-5-2-1-3-6-17/h1-3,5-6,9-10,16,18,20-21H,4,7-8,11,13-15H2/t16-,18+,20+,21-/m0/s1. The van der Waals surface area contributed by atoms with Crippen molar-refractivity contribution in [1.82, 2.24) is 14.9 Å². The van der Waals surface area contributed by atoms with Crippen LogP contribution in [0.3, 0.4) is 0 Å². The number of hydrogen-bond donors (Lipinski definition) is 0. The Labute approximate surface area is 160 Å². The van der Waals surface area contributed by atoms with Crippen LogP contribution in [0, 0.1) is 23.2 Å². The van der Waals surface area contributed by atoms with Crippen molar-refractivity contribution in [3.05, 3.63) is 54.0 Å². The SMILES string of the molecule is N#Cc1nccnc1N1C[C@@H]2C[C@H](C1)[C@@H]1CCC[C@H](c3ccccc3)N1C2. The first kappa shape index (κ1) is 16.7. The molecule has 2 aromatic rings. The van der Waals surface area contributed by atoms with Gasteiger partial charge < -0.3 is 4.90 Å². The molecule has 4 atom stereocenters. The summed E-state index contributed by atoms with van der Waals surface area (Å²) < 4.78 is 0. The molecule has 3 aliphatic heterocycles. The van der Waals surface area contributed by atoms with Gasteiger partial charge in [0.15, 0.2) is 11.5 Å². The van der Waals surface area contributed by atoms with E-state index in [0.29, 0.717) is 29.6 Å². The quantitative estimate of drug-likeness (QED) is 0.822. The molecule has 5 heteroatoms. The summed E-state index contributed by atoms with van der Waals surface area (Å²) in [6, 6.07) is 14.5. The Kier molecular flexibility index (Phi) is 4.29. The molecule has 0 amide bonds. The highest BCUT2D eigenvalue weighted by molar-refractivity contribution is 5.50. The second kappa shape index (κ2) is 6.94. The Balaban J connectivity index is 1.41. The summed E-state index contributed by atoms with van der Waals surface area (Å²) in [6.45, 7) is 3.13. The molecule has 3 aliphatic rings. The number of piperidine rings is 3. The Morgan fingerprint density at radius 2 is 1.85 bits per heavy atom. The molecule has 4 heterocycles.